The summed E-state index contributed by atoms with van der Waals surface area (Å²) in [6.07, 6.45) is 3.32. The molecule has 0 radical (unpaired) electrons. The van der Waals surface area contributed by atoms with E-state index in [-0.39, 0.29) is 5.91 Å². The van der Waals surface area contributed by atoms with Crippen LogP contribution in [0.3, 0.4) is 0 Å². The summed E-state index contributed by atoms with van der Waals surface area (Å²) in [7, 11) is 1.66. The summed E-state index contributed by atoms with van der Waals surface area (Å²) < 4.78 is 5.34. The maximum atomic E-state index is 12.4. The number of carbonyl (C=O) groups is 1. The minimum atomic E-state index is 0.00319. The number of nitrogens with one attached hydrogen (secondary N) is 1. The number of rotatable bonds is 7. The van der Waals surface area contributed by atoms with E-state index >= 15 is 0 Å². The van der Waals surface area contributed by atoms with E-state index in [4.69, 9.17) is 4.74 Å². The van der Waals surface area contributed by atoms with Gasteiger partial charge < -0.3 is 15.0 Å². The normalized spacial score (nSPS) is 10.2. The SMILES string of the molecule is CCN(CC)C(=O)c1cncc(NCc2ccccc2OC)c1. The van der Waals surface area contributed by atoms with Crippen LogP contribution in [-0.4, -0.2) is 36.0 Å². The largest absolute Gasteiger partial charge is 0.496 e. The fraction of sp³-hybridized carbons (Fsp3) is 0.333. The van der Waals surface area contributed by atoms with Gasteiger partial charge in [0.1, 0.15) is 5.75 Å². The molecular weight excluding hydrogens is 290 g/mol. The van der Waals surface area contributed by atoms with Crippen LogP contribution in [0.25, 0.3) is 0 Å². The molecule has 2 rings (SSSR count). The van der Waals surface area contributed by atoms with Crippen molar-refractivity contribution in [3.8, 4) is 5.75 Å². The van der Waals surface area contributed by atoms with Gasteiger partial charge in [0.25, 0.3) is 5.91 Å². The maximum Gasteiger partial charge on any atom is 0.255 e. The van der Waals surface area contributed by atoms with E-state index in [1.54, 1.807) is 24.4 Å². The van der Waals surface area contributed by atoms with Crippen molar-refractivity contribution in [1.29, 1.82) is 0 Å². The first kappa shape index (κ1) is 16.8. The van der Waals surface area contributed by atoms with Crippen molar-refractivity contribution in [3.63, 3.8) is 0 Å². The quantitative estimate of drug-likeness (QED) is 0.853. The van der Waals surface area contributed by atoms with Gasteiger partial charge >= 0.3 is 0 Å². The molecule has 2 aromatic rings. The summed E-state index contributed by atoms with van der Waals surface area (Å²) in [4.78, 5) is 18.3. The summed E-state index contributed by atoms with van der Waals surface area (Å²) in [6.45, 7) is 5.92. The molecule has 0 saturated carbocycles. The molecule has 0 bridgehead atoms. The van der Waals surface area contributed by atoms with Gasteiger partial charge in [0, 0.05) is 37.6 Å². The molecule has 0 spiro atoms. The first-order valence-corrected chi connectivity index (χ1v) is 7.79. The maximum absolute atomic E-state index is 12.4. The molecule has 0 unspecified atom stereocenters. The number of nitrogens with zero attached hydrogens (tertiary/aromatic N) is 2. The lowest BCUT2D eigenvalue weighted by molar-refractivity contribution is 0.0772. The number of aromatic nitrogens is 1. The highest BCUT2D eigenvalue weighted by Gasteiger charge is 2.13. The van der Waals surface area contributed by atoms with E-state index in [2.05, 4.69) is 10.3 Å². The zero-order chi connectivity index (χ0) is 16.7. The zero-order valence-electron chi connectivity index (χ0n) is 13.9. The van der Waals surface area contributed by atoms with Gasteiger partial charge in [-0.3, -0.25) is 9.78 Å². The summed E-state index contributed by atoms with van der Waals surface area (Å²) in [5.41, 5.74) is 2.46. The molecule has 1 aromatic carbocycles. The Morgan fingerprint density at radius 3 is 2.65 bits per heavy atom. The number of hydrogen-bond donors (Lipinski definition) is 1. The van der Waals surface area contributed by atoms with Gasteiger partial charge in [0.2, 0.25) is 0 Å². The Bertz CT molecular complexity index is 654. The molecule has 1 N–H and O–H groups in total. The van der Waals surface area contributed by atoms with Gasteiger partial charge in [-0.15, -0.1) is 0 Å². The van der Waals surface area contributed by atoms with Crippen molar-refractivity contribution in [2.24, 2.45) is 0 Å². The van der Waals surface area contributed by atoms with Crippen LogP contribution in [0.1, 0.15) is 29.8 Å². The molecule has 0 aliphatic heterocycles. The monoisotopic (exact) mass is 313 g/mol. The predicted octanol–water partition coefficient (Wildman–Crippen LogP) is 3.18. The third-order valence-corrected chi connectivity index (χ3v) is 3.71. The molecule has 0 aliphatic rings. The molecule has 5 heteroatoms. The lowest BCUT2D eigenvalue weighted by Crippen LogP contribution is -2.30. The Morgan fingerprint density at radius 1 is 1.22 bits per heavy atom. The van der Waals surface area contributed by atoms with E-state index in [1.807, 2.05) is 44.2 Å². The number of para-hydroxylation sites is 1. The number of amides is 1. The van der Waals surface area contributed by atoms with E-state index in [0.29, 0.717) is 25.2 Å². The number of carbonyl (C=O) groups excluding carboxylic acids is 1. The first-order valence-electron chi connectivity index (χ1n) is 7.79. The molecule has 1 heterocycles. The van der Waals surface area contributed by atoms with Gasteiger partial charge in [0.05, 0.1) is 18.4 Å². The molecule has 0 atom stereocenters. The van der Waals surface area contributed by atoms with Crippen LogP contribution in [0.2, 0.25) is 0 Å². The van der Waals surface area contributed by atoms with Gasteiger partial charge in [0.15, 0.2) is 0 Å². The molecule has 1 amide bonds. The van der Waals surface area contributed by atoms with Gasteiger partial charge in [-0.25, -0.2) is 0 Å². The van der Waals surface area contributed by atoms with E-state index in [1.165, 1.54) is 0 Å². The average molecular weight is 313 g/mol. The van der Waals surface area contributed by atoms with Gasteiger partial charge in [-0.05, 0) is 26.0 Å². The standard InChI is InChI=1S/C18H23N3O2/c1-4-21(5-2)18(22)15-10-16(13-19-11-15)20-12-14-8-6-7-9-17(14)23-3/h6-11,13,20H,4-5,12H2,1-3H3. The zero-order valence-corrected chi connectivity index (χ0v) is 13.9. The third kappa shape index (κ3) is 4.22. The Balaban J connectivity index is 2.10. The summed E-state index contributed by atoms with van der Waals surface area (Å²) in [6, 6.07) is 9.67. The molecule has 0 fully saturated rings. The second-order valence-electron chi connectivity index (χ2n) is 5.11. The molecule has 1 aromatic heterocycles. The lowest BCUT2D eigenvalue weighted by Gasteiger charge is -2.18. The summed E-state index contributed by atoms with van der Waals surface area (Å²) >= 11 is 0. The van der Waals surface area contributed by atoms with E-state index < -0.39 is 0 Å². The molecule has 0 aliphatic carbocycles. The van der Waals surface area contributed by atoms with E-state index in [0.717, 1.165) is 17.0 Å². The van der Waals surface area contributed by atoms with Crippen LogP contribution in [0, 0.1) is 0 Å². The van der Waals surface area contributed by atoms with Gasteiger partial charge in [-0.2, -0.15) is 0 Å². The van der Waals surface area contributed by atoms with Crippen LogP contribution in [0.4, 0.5) is 5.69 Å². The van der Waals surface area contributed by atoms with Crippen molar-refractivity contribution in [1.82, 2.24) is 9.88 Å². The number of anilines is 1. The van der Waals surface area contributed by atoms with Crippen molar-refractivity contribution in [2.75, 3.05) is 25.5 Å². The summed E-state index contributed by atoms with van der Waals surface area (Å²) in [5, 5.41) is 3.29. The van der Waals surface area contributed by atoms with Crippen LogP contribution in [0.15, 0.2) is 42.7 Å². The van der Waals surface area contributed by atoms with Crippen LogP contribution in [0.5, 0.6) is 5.75 Å². The smallest absolute Gasteiger partial charge is 0.255 e. The number of ether oxygens (including phenoxy) is 1. The first-order chi connectivity index (χ1) is 11.2. The molecule has 5 nitrogen and oxygen atoms in total. The molecule has 122 valence electrons. The Hall–Kier alpha value is -2.56. The number of pyridine rings is 1. The average Bonchev–Trinajstić information content (AvgIpc) is 2.61. The second kappa shape index (κ2) is 8.17. The van der Waals surface area contributed by atoms with Gasteiger partial charge in [-0.1, -0.05) is 18.2 Å². The van der Waals surface area contributed by atoms with Crippen molar-refractivity contribution in [3.05, 3.63) is 53.9 Å². The van der Waals surface area contributed by atoms with Crippen LogP contribution < -0.4 is 10.1 Å². The number of benzene rings is 1. The van der Waals surface area contributed by atoms with Crippen molar-refractivity contribution >= 4 is 11.6 Å². The minimum Gasteiger partial charge on any atom is -0.496 e. The highest BCUT2D eigenvalue weighted by molar-refractivity contribution is 5.94. The highest BCUT2D eigenvalue weighted by atomic mass is 16.5. The molecule has 0 saturated heterocycles. The highest BCUT2D eigenvalue weighted by Crippen LogP contribution is 2.19. The van der Waals surface area contributed by atoms with Crippen LogP contribution in [-0.2, 0) is 6.54 Å². The number of methoxy groups -OCH3 is 1. The molecular formula is C18H23N3O2. The topological polar surface area (TPSA) is 54.5 Å². The van der Waals surface area contributed by atoms with E-state index in [9.17, 15) is 4.79 Å². The second-order valence-corrected chi connectivity index (χ2v) is 5.11. The fourth-order valence-corrected chi connectivity index (χ4v) is 2.39. The predicted molar refractivity (Wildman–Crippen MR) is 91.8 cm³/mol. The Labute approximate surface area is 137 Å². The summed E-state index contributed by atoms with van der Waals surface area (Å²) in [5.74, 6) is 0.840. The minimum absolute atomic E-state index is 0.00319. The Kier molecular flexibility index (Phi) is 5.97. The number of hydrogen-bond acceptors (Lipinski definition) is 4. The van der Waals surface area contributed by atoms with Crippen molar-refractivity contribution in [2.45, 2.75) is 20.4 Å². The third-order valence-electron chi connectivity index (χ3n) is 3.71. The Morgan fingerprint density at radius 2 is 1.96 bits per heavy atom. The fourth-order valence-electron chi connectivity index (χ4n) is 2.39. The van der Waals surface area contributed by atoms with Crippen LogP contribution >= 0.6 is 0 Å². The lowest BCUT2D eigenvalue weighted by atomic mass is 10.2. The molecule has 23 heavy (non-hydrogen) atoms. The van der Waals surface area contributed by atoms with Crippen molar-refractivity contribution < 1.29 is 9.53 Å².